The molecule has 14 nitrogen and oxygen atoms in total. The summed E-state index contributed by atoms with van der Waals surface area (Å²) >= 11 is 0. The first kappa shape index (κ1) is 23.3. The summed E-state index contributed by atoms with van der Waals surface area (Å²) in [7, 11) is -3.33. The molecule has 1 aliphatic rings. The summed E-state index contributed by atoms with van der Waals surface area (Å²) in [4.78, 5) is 30.3. The van der Waals surface area contributed by atoms with E-state index in [0.717, 1.165) is 0 Å². The van der Waals surface area contributed by atoms with Gasteiger partial charge in [0.25, 0.3) is 0 Å². The van der Waals surface area contributed by atoms with Crippen molar-refractivity contribution in [3.63, 3.8) is 0 Å². The van der Waals surface area contributed by atoms with Crippen LogP contribution in [0, 0.1) is 0 Å². The number of hydrogen-bond acceptors (Lipinski definition) is 11. The van der Waals surface area contributed by atoms with Crippen LogP contribution in [0.25, 0.3) is 11.2 Å². The number of phenols is 1. The van der Waals surface area contributed by atoms with Gasteiger partial charge in [0.2, 0.25) is 0 Å². The maximum Gasteiger partial charge on any atom is 0.469 e. The number of fused-ring (bicyclic) bond motifs is 1. The van der Waals surface area contributed by atoms with Gasteiger partial charge in [-0.1, -0.05) is 12.1 Å². The molecule has 0 saturated carbocycles. The molecule has 0 aliphatic carbocycles. The Balaban J connectivity index is 1.54. The molecule has 1 fully saturated rings. The van der Waals surface area contributed by atoms with Gasteiger partial charge in [0.15, 0.2) is 34.7 Å². The molecule has 0 spiro atoms. The largest absolute Gasteiger partial charge is 0.504 e. The van der Waals surface area contributed by atoms with Gasteiger partial charge >= 0.3 is 7.82 Å². The van der Waals surface area contributed by atoms with Crippen molar-refractivity contribution < 1.29 is 43.7 Å². The Labute approximate surface area is 186 Å². The lowest BCUT2D eigenvalue weighted by atomic mass is 10.1. The Hall–Kier alpha value is -2.84. The van der Waals surface area contributed by atoms with E-state index >= 15 is 0 Å². The predicted molar refractivity (Wildman–Crippen MR) is 111 cm³/mol. The summed E-state index contributed by atoms with van der Waals surface area (Å²) in [5.41, 5.74) is 1.17. The van der Waals surface area contributed by atoms with E-state index in [9.17, 15) is 19.9 Å². The Bertz CT molecular complexity index is 1190. The van der Waals surface area contributed by atoms with Gasteiger partial charge in [-0.2, -0.15) is 0 Å². The summed E-state index contributed by atoms with van der Waals surface area (Å²) in [5.74, 6) is 0.661. The lowest BCUT2D eigenvalue weighted by molar-refractivity contribution is -0.0504. The third-order valence-corrected chi connectivity index (χ3v) is 5.61. The topological polar surface area (TPSA) is 202 Å². The van der Waals surface area contributed by atoms with Crippen LogP contribution in [0.1, 0.15) is 11.8 Å². The number of phosphoric ester groups is 1. The van der Waals surface area contributed by atoms with Crippen LogP contribution in [0.2, 0.25) is 0 Å². The van der Waals surface area contributed by atoms with E-state index in [1.54, 1.807) is 18.2 Å². The number of benzene rings is 1. The number of para-hydroxylation sites is 1. The standard InChI is InChI=1S/C18H22N5O9P/c1-30-10-4-2-3-9(13(10)24)5-19-16-12-17(21-7-20-16)23(8-22-12)18-15(26)14(25)11(32-18)6-31-33(27,28)29/h2-4,7-8,11,14-15,18,24-26H,5-6H2,1H3,(H,19,20,21)(H2,27,28,29)/t11-,14-,15-,18-/m1/s1. The van der Waals surface area contributed by atoms with E-state index in [1.165, 1.54) is 24.3 Å². The lowest BCUT2D eigenvalue weighted by Crippen LogP contribution is -2.33. The number of imidazole rings is 1. The van der Waals surface area contributed by atoms with Crippen molar-refractivity contribution >= 4 is 24.8 Å². The number of anilines is 1. The molecule has 4 atom stereocenters. The third kappa shape index (κ3) is 4.77. The first-order valence-corrected chi connectivity index (χ1v) is 11.2. The van der Waals surface area contributed by atoms with E-state index in [4.69, 9.17) is 19.3 Å². The first-order chi connectivity index (χ1) is 15.7. The molecule has 33 heavy (non-hydrogen) atoms. The first-order valence-electron chi connectivity index (χ1n) is 9.67. The molecule has 2 aromatic heterocycles. The second kappa shape index (κ2) is 9.19. The van der Waals surface area contributed by atoms with Crippen molar-refractivity contribution in [3.05, 3.63) is 36.4 Å². The normalized spacial score (nSPS) is 23.2. The van der Waals surface area contributed by atoms with Crippen LogP contribution in [0.3, 0.4) is 0 Å². The van der Waals surface area contributed by atoms with E-state index < -0.39 is 39.0 Å². The summed E-state index contributed by atoms with van der Waals surface area (Å²) in [6.07, 6.45) is -2.63. The highest BCUT2D eigenvalue weighted by Crippen LogP contribution is 2.39. The van der Waals surface area contributed by atoms with Gasteiger partial charge in [0.1, 0.15) is 24.6 Å². The summed E-state index contributed by atoms with van der Waals surface area (Å²) < 4.78 is 27.4. The summed E-state index contributed by atoms with van der Waals surface area (Å²) in [5, 5.41) is 33.9. The molecule has 0 bridgehead atoms. The Morgan fingerprint density at radius 1 is 1.21 bits per heavy atom. The molecule has 3 aromatic rings. The number of aromatic hydroxyl groups is 1. The van der Waals surface area contributed by atoms with Crippen LogP contribution >= 0.6 is 7.82 Å². The summed E-state index contributed by atoms with van der Waals surface area (Å²) in [6, 6.07) is 5.07. The van der Waals surface area contributed by atoms with Crippen molar-refractivity contribution in [2.75, 3.05) is 19.0 Å². The minimum atomic E-state index is -4.78. The zero-order chi connectivity index (χ0) is 23.8. The molecule has 3 heterocycles. The zero-order valence-corrected chi connectivity index (χ0v) is 18.1. The molecular weight excluding hydrogens is 461 g/mol. The quantitative estimate of drug-likeness (QED) is 0.232. The highest BCUT2D eigenvalue weighted by molar-refractivity contribution is 7.46. The van der Waals surface area contributed by atoms with Crippen LogP contribution in [0.15, 0.2) is 30.9 Å². The fraction of sp³-hybridized carbons (Fsp3) is 0.389. The van der Waals surface area contributed by atoms with Gasteiger partial charge in [0, 0.05) is 12.1 Å². The molecule has 1 saturated heterocycles. The van der Waals surface area contributed by atoms with Crippen molar-refractivity contribution in [2.45, 2.75) is 31.1 Å². The number of ether oxygens (including phenoxy) is 2. The molecule has 15 heteroatoms. The van der Waals surface area contributed by atoms with Gasteiger partial charge < -0.3 is 39.9 Å². The minimum absolute atomic E-state index is 0.0108. The number of phenolic OH excluding ortho intramolecular Hbond substituents is 1. The second-order valence-electron chi connectivity index (χ2n) is 7.20. The molecule has 1 aliphatic heterocycles. The van der Waals surface area contributed by atoms with Gasteiger partial charge in [0.05, 0.1) is 20.0 Å². The van der Waals surface area contributed by atoms with E-state index in [0.29, 0.717) is 22.6 Å². The number of rotatable bonds is 8. The fourth-order valence-electron chi connectivity index (χ4n) is 3.49. The smallest absolute Gasteiger partial charge is 0.469 e. The van der Waals surface area contributed by atoms with Crippen LogP contribution < -0.4 is 10.1 Å². The second-order valence-corrected chi connectivity index (χ2v) is 8.44. The Kier molecular flexibility index (Phi) is 6.50. The molecule has 1 aromatic carbocycles. The number of hydrogen-bond donors (Lipinski definition) is 6. The van der Waals surface area contributed by atoms with E-state index in [1.807, 2.05) is 0 Å². The minimum Gasteiger partial charge on any atom is -0.504 e. The van der Waals surface area contributed by atoms with Crippen LogP contribution in [0.4, 0.5) is 5.82 Å². The molecule has 0 amide bonds. The average Bonchev–Trinajstić information content (AvgIpc) is 3.33. The number of methoxy groups -OCH3 is 1. The van der Waals surface area contributed by atoms with E-state index in [2.05, 4.69) is 24.8 Å². The molecule has 4 rings (SSSR count). The average molecular weight is 483 g/mol. The zero-order valence-electron chi connectivity index (χ0n) is 17.2. The molecule has 178 valence electrons. The molecule has 0 radical (unpaired) electrons. The van der Waals surface area contributed by atoms with Crippen molar-refractivity contribution in [2.24, 2.45) is 0 Å². The highest BCUT2D eigenvalue weighted by atomic mass is 31.2. The highest BCUT2D eigenvalue weighted by Gasteiger charge is 2.45. The molecule has 0 unspecified atom stereocenters. The van der Waals surface area contributed by atoms with Gasteiger partial charge in [-0.3, -0.25) is 9.09 Å². The number of aliphatic hydroxyl groups is 2. The number of aliphatic hydroxyl groups excluding tert-OH is 2. The lowest BCUT2D eigenvalue weighted by Gasteiger charge is -2.16. The van der Waals surface area contributed by atoms with Crippen LogP contribution in [-0.2, 0) is 20.4 Å². The van der Waals surface area contributed by atoms with Gasteiger partial charge in [-0.25, -0.2) is 19.5 Å². The van der Waals surface area contributed by atoms with Crippen molar-refractivity contribution in [1.29, 1.82) is 0 Å². The van der Waals surface area contributed by atoms with E-state index in [-0.39, 0.29) is 17.9 Å². The number of aromatic nitrogens is 4. The van der Waals surface area contributed by atoms with Gasteiger partial charge in [-0.05, 0) is 6.07 Å². The fourth-order valence-corrected chi connectivity index (χ4v) is 3.83. The number of nitrogens with zero attached hydrogens (tertiary/aromatic N) is 4. The van der Waals surface area contributed by atoms with Gasteiger partial charge in [-0.15, -0.1) is 0 Å². The number of phosphoric acid groups is 1. The predicted octanol–water partition coefficient (Wildman–Crippen LogP) is -0.119. The van der Waals surface area contributed by atoms with Crippen LogP contribution in [0.5, 0.6) is 11.5 Å². The van der Waals surface area contributed by atoms with Crippen LogP contribution in [-0.4, -0.2) is 76.7 Å². The monoisotopic (exact) mass is 483 g/mol. The Morgan fingerprint density at radius 3 is 2.73 bits per heavy atom. The third-order valence-electron chi connectivity index (χ3n) is 5.13. The Morgan fingerprint density at radius 2 is 2.00 bits per heavy atom. The SMILES string of the molecule is COc1cccc(CNc2ncnc3c2ncn3[C@@H]2O[C@H](COP(=O)(O)O)[C@@H](O)[C@H]2O)c1O. The maximum absolute atomic E-state index is 10.9. The van der Waals surface area contributed by atoms with Crippen molar-refractivity contribution in [1.82, 2.24) is 19.5 Å². The molecule has 6 N–H and O–H groups in total. The summed E-state index contributed by atoms with van der Waals surface area (Å²) in [6.45, 7) is -0.428. The maximum atomic E-state index is 10.9. The number of nitrogens with one attached hydrogen (secondary N) is 1. The van der Waals surface area contributed by atoms with Crippen molar-refractivity contribution in [3.8, 4) is 11.5 Å². The molecular formula is C18H22N5O9P.